The summed E-state index contributed by atoms with van der Waals surface area (Å²) in [7, 11) is 0. The molecule has 16 heavy (non-hydrogen) atoms. The molecular formula is C12H21N3S. The monoisotopic (exact) mass is 239 g/mol. The molecule has 1 aromatic heterocycles. The Morgan fingerprint density at radius 1 is 1.62 bits per heavy atom. The number of aromatic amines is 1. The van der Waals surface area contributed by atoms with Gasteiger partial charge in [0.05, 0.1) is 0 Å². The van der Waals surface area contributed by atoms with Gasteiger partial charge in [0, 0.05) is 23.1 Å². The molecule has 1 aliphatic heterocycles. The first-order chi connectivity index (χ1) is 7.74. The molecule has 0 aliphatic carbocycles. The number of H-pyrrole nitrogens is 1. The van der Waals surface area contributed by atoms with Gasteiger partial charge in [-0.15, -0.1) is 0 Å². The van der Waals surface area contributed by atoms with Crippen molar-refractivity contribution in [3.8, 4) is 0 Å². The normalized spacial score (nSPS) is 25.9. The standard InChI is InChI=1S/C12H21N3S/c1-12(5-3-7-16-9-12)11-14-8-10(15-11)4-2-6-13/h8H,2-7,9,13H2,1H3,(H,14,15). The molecule has 1 aliphatic rings. The second-order valence-corrected chi connectivity index (χ2v) is 5.97. The van der Waals surface area contributed by atoms with E-state index in [2.05, 4.69) is 16.9 Å². The molecule has 4 heteroatoms. The van der Waals surface area contributed by atoms with Crippen LogP contribution in [0.3, 0.4) is 0 Å². The first-order valence-corrected chi connectivity index (χ1v) is 7.22. The van der Waals surface area contributed by atoms with Crippen LogP contribution in [0, 0.1) is 0 Å². The molecule has 3 nitrogen and oxygen atoms in total. The zero-order valence-electron chi connectivity index (χ0n) is 9.96. The van der Waals surface area contributed by atoms with Gasteiger partial charge in [0.1, 0.15) is 5.82 Å². The maximum atomic E-state index is 5.51. The molecule has 0 radical (unpaired) electrons. The molecule has 0 spiro atoms. The van der Waals surface area contributed by atoms with Crippen molar-refractivity contribution in [1.29, 1.82) is 0 Å². The highest BCUT2D eigenvalue weighted by molar-refractivity contribution is 7.99. The predicted octanol–water partition coefficient (Wildman–Crippen LogP) is 2.09. The quantitative estimate of drug-likeness (QED) is 0.846. The van der Waals surface area contributed by atoms with Crippen LogP contribution in [0.2, 0.25) is 0 Å². The van der Waals surface area contributed by atoms with E-state index in [0.717, 1.165) is 19.4 Å². The van der Waals surface area contributed by atoms with Crippen LogP contribution in [0.25, 0.3) is 0 Å². The Hall–Kier alpha value is -0.480. The van der Waals surface area contributed by atoms with E-state index in [4.69, 9.17) is 5.73 Å². The van der Waals surface area contributed by atoms with Gasteiger partial charge in [-0.25, -0.2) is 4.98 Å². The number of nitrogens with one attached hydrogen (secondary N) is 1. The smallest absolute Gasteiger partial charge is 0.113 e. The molecule has 1 unspecified atom stereocenters. The first kappa shape index (κ1) is 12.0. The minimum atomic E-state index is 0.254. The van der Waals surface area contributed by atoms with Crippen molar-refractivity contribution >= 4 is 11.8 Å². The van der Waals surface area contributed by atoms with Crippen LogP contribution < -0.4 is 5.73 Å². The zero-order valence-corrected chi connectivity index (χ0v) is 10.8. The van der Waals surface area contributed by atoms with Crippen molar-refractivity contribution in [2.75, 3.05) is 18.1 Å². The zero-order chi connectivity index (χ0) is 11.4. The summed E-state index contributed by atoms with van der Waals surface area (Å²) in [6.45, 7) is 3.08. The Kier molecular flexibility index (Phi) is 3.92. The van der Waals surface area contributed by atoms with Crippen molar-refractivity contribution in [2.24, 2.45) is 5.73 Å². The molecular weight excluding hydrogens is 218 g/mol. The van der Waals surface area contributed by atoms with Crippen LogP contribution in [0.1, 0.15) is 37.7 Å². The highest BCUT2D eigenvalue weighted by Crippen LogP contribution is 2.35. The molecule has 1 atom stereocenters. The number of aryl methyl sites for hydroxylation is 1. The lowest BCUT2D eigenvalue weighted by molar-refractivity contribution is 0.448. The van der Waals surface area contributed by atoms with Gasteiger partial charge in [0.25, 0.3) is 0 Å². The third-order valence-electron chi connectivity index (χ3n) is 3.29. The molecule has 1 fully saturated rings. The van der Waals surface area contributed by atoms with E-state index in [9.17, 15) is 0 Å². The number of hydrogen-bond acceptors (Lipinski definition) is 3. The second kappa shape index (κ2) is 5.23. The summed E-state index contributed by atoms with van der Waals surface area (Å²) < 4.78 is 0. The van der Waals surface area contributed by atoms with Gasteiger partial charge in [-0.1, -0.05) is 6.92 Å². The molecule has 1 saturated heterocycles. The van der Waals surface area contributed by atoms with Gasteiger partial charge < -0.3 is 10.7 Å². The topological polar surface area (TPSA) is 54.7 Å². The third kappa shape index (κ3) is 2.61. The Bertz CT molecular complexity index is 329. The van der Waals surface area contributed by atoms with E-state index in [1.165, 1.54) is 35.9 Å². The average Bonchev–Trinajstić information content (AvgIpc) is 2.77. The summed E-state index contributed by atoms with van der Waals surface area (Å²) in [5.74, 6) is 3.67. The lowest BCUT2D eigenvalue weighted by Crippen LogP contribution is -2.30. The van der Waals surface area contributed by atoms with E-state index in [0.29, 0.717) is 0 Å². The predicted molar refractivity (Wildman–Crippen MR) is 69.9 cm³/mol. The fourth-order valence-corrected chi connectivity index (χ4v) is 3.43. The number of imidazole rings is 1. The molecule has 2 heterocycles. The van der Waals surface area contributed by atoms with E-state index in [-0.39, 0.29) is 5.41 Å². The van der Waals surface area contributed by atoms with Crippen LogP contribution in [-0.2, 0) is 11.8 Å². The van der Waals surface area contributed by atoms with Gasteiger partial charge in [-0.05, 0) is 38.0 Å². The molecule has 0 amide bonds. The highest BCUT2D eigenvalue weighted by Gasteiger charge is 2.31. The van der Waals surface area contributed by atoms with Crippen LogP contribution in [0.4, 0.5) is 0 Å². The maximum absolute atomic E-state index is 5.51. The van der Waals surface area contributed by atoms with Gasteiger partial charge in [-0.2, -0.15) is 11.8 Å². The molecule has 1 aromatic rings. The fraction of sp³-hybridized carbons (Fsp3) is 0.750. The van der Waals surface area contributed by atoms with Crippen LogP contribution in [-0.4, -0.2) is 28.0 Å². The number of rotatable bonds is 4. The molecule has 0 saturated carbocycles. The molecule has 3 N–H and O–H groups in total. The molecule has 90 valence electrons. The summed E-state index contributed by atoms with van der Waals surface area (Å²) in [4.78, 5) is 8.03. The van der Waals surface area contributed by atoms with E-state index in [1.54, 1.807) is 0 Å². The SMILES string of the molecule is CC1(c2ncc(CCCN)[nH]2)CCCSC1. The number of nitrogens with zero attached hydrogens (tertiary/aromatic N) is 1. The van der Waals surface area contributed by atoms with Crippen molar-refractivity contribution in [1.82, 2.24) is 9.97 Å². The van der Waals surface area contributed by atoms with Crippen molar-refractivity contribution in [3.63, 3.8) is 0 Å². The minimum Gasteiger partial charge on any atom is -0.345 e. The van der Waals surface area contributed by atoms with Crippen molar-refractivity contribution < 1.29 is 0 Å². The number of nitrogens with two attached hydrogens (primary N) is 1. The van der Waals surface area contributed by atoms with Crippen molar-refractivity contribution in [2.45, 2.75) is 38.0 Å². The van der Waals surface area contributed by atoms with Crippen LogP contribution in [0.5, 0.6) is 0 Å². The number of hydrogen-bond donors (Lipinski definition) is 2. The third-order valence-corrected chi connectivity index (χ3v) is 4.71. The summed E-state index contributed by atoms with van der Waals surface area (Å²) in [6, 6.07) is 0. The second-order valence-electron chi connectivity index (χ2n) is 4.87. The summed E-state index contributed by atoms with van der Waals surface area (Å²) in [6.07, 6.45) is 6.60. The lowest BCUT2D eigenvalue weighted by atomic mass is 9.86. The summed E-state index contributed by atoms with van der Waals surface area (Å²) in [5.41, 5.74) is 7.00. The maximum Gasteiger partial charge on any atom is 0.113 e. The van der Waals surface area contributed by atoms with Crippen molar-refractivity contribution in [3.05, 3.63) is 17.7 Å². The Morgan fingerprint density at radius 3 is 3.19 bits per heavy atom. The fourth-order valence-electron chi connectivity index (χ4n) is 2.21. The minimum absolute atomic E-state index is 0.254. The van der Waals surface area contributed by atoms with Crippen LogP contribution >= 0.6 is 11.8 Å². The van der Waals surface area contributed by atoms with Gasteiger partial charge in [-0.3, -0.25) is 0 Å². The molecule has 0 bridgehead atoms. The number of aromatic nitrogens is 2. The lowest BCUT2D eigenvalue weighted by Gasteiger charge is -2.31. The molecule has 0 aromatic carbocycles. The highest BCUT2D eigenvalue weighted by atomic mass is 32.2. The van der Waals surface area contributed by atoms with Gasteiger partial charge in [0.2, 0.25) is 0 Å². The van der Waals surface area contributed by atoms with Crippen LogP contribution in [0.15, 0.2) is 6.20 Å². The van der Waals surface area contributed by atoms with E-state index in [1.807, 2.05) is 18.0 Å². The molecule has 2 rings (SSSR count). The Morgan fingerprint density at radius 2 is 2.50 bits per heavy atom. The Balaban J connectivity index is 2.05. The van der Waals surface area contributed by atoms with Gasteiger partial charge >= 0.3 is 0 Å². The first-order valence-electron chi connectivity index (χ1n) is 6.07. The Labute approximate surface area is 102 Å². The summed E-state index contributed by atoms with van der Waals surface area (Å²) in [5, 5.41) is 0. The largest absolute Gasteiger partial charge is 0.345 e. The van der Waals surface area contributed by atoms with E-state index < -0.39 is 0 Å². The summed E-state index contributed by atoms with van der Waals surface area (Å²) >= 11 is 2.04. The average molecular weight is 239 g/mol. The number of thioether (sulfide) groups is 1. The van der Waals surface area contributed by atoms with Gasteiger partial charge in [0.15, 0.2) is 0 Å². The van der Waals surface area contributed by atoms with E-state index >= 15 is 0 Å².